The number of thiophene rings is 1. The smallest absolute Gasteiger partial charge is 0.346 e. The number of fused-ring (bicyclic) bond motifs is 1. The molecule has 2 nitrogen and oxygen atoms in total. The van der Waals surface area contributed by atoms with Crippen LogP contribution in [0, 0.1) is 12.3 Å². The first-order valence-corrected chi connectivity index (χ1v) is 7.19. The molecule has 3 heteroatoms. The van der Waals surface area contributed by atoms with Gasteiger partial charge < -0.3 is 5.11 Å². The van der Waals surface area contributed by atoms with E-state index in [-0.39, 0.29) is 0 Å². The number of carboxylic acid groups (broad SMARTS) is 1. The Morgan fingerprint density at radius 2 is 2.00 bits per heavy atom. The molecule has 1 N–H and O–H groups in total. The molecule has 1 aromatic heterocycles. The largest absolute Gasteiger partial charge is 0.477 e. The van der Waals surface area contributed by atoms with Crippen LogP contribution < -0.4 is 0 Å². The van der Waals surface area contributed by atoms with Crippen LogP contribution >= 0.6 is 11.3 Å². The summed E-state index contributed by atoms with van der Waals surface area (Å²) in [5, 5.41) is 9.21. The molecule has 0 aliphatic heterocycles. The second-order valence-corrected chi connectivity index (χ2v) is 6.36. The summed E-state index contributed by atoms with van der Waals surface area (Å²) in [7, 11) is 0. The van der Waals surface area contributed by atoms with Crippen molar-refractivity contribution in [1.29, 1.82) is 0 Å². The molecule has 0 bridgehead atoms. The Bertz CT molecular complexity index is 441. The highest BCUT2D eigenvalue weighted by atomic mass is 32.1. The third-order valence-electron chi connectivity index (χ3n) is 4.47. The van der Waals surface area contributed by atoms with Crippen molar-refractivity contribution in [3.63, 3.8) is 0 Å². The van der Waals surface area contributed by atoms with Gasteiger partial charge in [-0.3, -0.25) is 0 Å². The van der Waals surface area contributed by atoms with E-state index in [2.05, 4.69) is 20.8 Å². The minimum atomic E-state index is -0.750. The fourth-order valence-corrected chi connectivity index (χ4v) is 4.06. The number of hydrogen-bond donors (Lipinski definition) is 1. The summed E-state index contributed by atoms with van der Waals surface area (Å²) in [6, 6.07) is 0. The quantitative estimate of drug-likeness (QED) is 0.881. The Kier molecular flexibility index (Phi) is 3.30. The van der Waals surface area contributed by atoms with E-state index < -0.39 is 5.97 Å². The lowest BCUT2D eigenvalue weighted by molar-refractivity contribution is 0.0700. The Hall–Kier alpha value is -0.830. The normalized spacial score (nSPS) is 17.8. The van der Waals surface area contributed by atoms with Gasteiger partial charge in [-0.15, -0.1) is 11.3 Å². The fourth-order valence-electron chi connectivity index (χ4n) is 3.00. The van der Waals surface area contributed by atoms with Crippen molar-refractivity contribution in [1.82, 2.24) is 0 Å². The Labute approximate surface area is 107 Å². The van der Waals surface area contributed by atoms with E-state index in [0.717, 1.165) is 24.8 Å². The maximum absolute atomic E-state index is 11.2. The first-order valence-electron chi connectivity index (χ1n) is 6.37. The first kappa shape index (κ1) is 12.6. The number of rotatable bonds is 3. The van der Waals surface area contributed by atoms with E-state index in [1.807, 2.05) is 0 Å². The minimum Gasteiger partial charge on any atom is -0.477 e. The maximum atomic E-state index is 11.2. The lowest BCUT2D eigenvalue weighted by atomic mass is 9.68. The zero-order chi connectivity index (χ0) is 12.6. The molecule has 0 aromatic carbocycles. The summed E-state index contributed by atoms with van der Waals surface area (Å²) in [5.74, 6) is -0.750. The van der Waals surface area contributed by atoms with Crippen molar-refractivity contribution in [2.24, 2.45) is 5.41 Å². The van der Waals surface area contributed by atoms with Crippen LogP contribution in [0.25, 0.3) is 0 Å². The van der Waals surface area contributed by atoms with Crippen LogP contribution in [-0.4, -0.2) is 11.1 Å². The Morgan fingerprint density at radius 3 is 2.53 bits per heavy atom. The average molecular weight is 252 g/mol. The predicted molar refractivity (Wildman–Crippen MR) is 71.1 cm³/mol. The monoisotopic (exact) mass is 252 g/mol. The molecule has 0 fully saturated rings. The summed E-state index contributed by atoms with van der Waals surface area (Å²) < 4.78 is 0. The van der Waals surface area contributed by atoms with E-state index >= 15 is 0 Å². The van der Waals surface area contributed by atoms with E-state index in [1.165, 1.54) is 34.6 Å². The van der Waals surface area contributed by atoms with Gasteiger partial charge in [0.2, 0.25) is 0 Å². The molecule has 0 amide bonds. The van der Waals surface area contributed by atoms with Crippen LogP contribution in [0.3, 0.4) is 0 Å². The van der Waals surface area contributed by atoms with Crippen molar-refractivity contribution in [2.45, 2.75) is 52.9 Å². The SMILES string of the molecule is CCC1(CC)CCc2c(C(=O)O)sc(C)c2C1. The highest BCUT2D eigenvalue weighted by Crippen LogP contribution is 2.45. The average Bonchev–Trinajstić information content (AvgIpc) is 2.66. The topological polar surface area (TPSA) is 37.3 Å². The zero-order valence-electron chi connectivity index (χ0n) is 10.8. The van der Waals surface area contributed by atoms with Crippen molar-refractivity contribution in [3.05, 3.63) is 20.9 Å². The first-order chi connectivity index (χ1) is 8.03. The van der Waals surface area contributed by atoms with Gasteiger partial charge in [-0.1, -0.05) is 26.7 Å². The number of hydrogen-bond acceptors (Lipinski definition) is 2. The van der Waals surface area contributed by atoms with E-state index in [9.17, 15) is 9.90 Å². The number of aromatic carboxylic acids is 1. The van der Waals surface area contributed by atoms with Gasteiger partial charge in [0.1, 0.15) is 4.88 Å². The van der Waals surface area contributed by atoms with E-state index in [0.29, 0.717) is 10.3 Å². The third kappa shape index (κ3) is 2.01. The molecule has 0 saturated carbocycles. The van der Waals surface area contributed by atoms with Crippen LogP contribution in [0.15, 0.2) is 0 Å². The summed E-state index contributed by atoms with van der Waals surface area (Å²) in [6.45, 7) is 6.58. The van der Waals surface area contributed by atoms with Gasteiger partial charge in [0, 0.05) is 4.88 Å². The molecule has 0 saturated heterocycles. The third-order valence-corrected chi connectivity index (χ3v) is 5.65. The molecule has 17 heavy (non-hydrogen) atoms. The van der Waals surface area contributed by atoms with Gasteiger partial charge >= 0.3 is 5.97 Å². The molecule has 2 rings (SSSR count). The molecule has 1 aliphatic carbocycles. The van der Waals surface area contributed by atoms with Crippen LogP contribution in [0.1, 0.15) is 58.8 Å². The predicted octanol–water partition coefficient (Wildman–Crippen LogP) is 4.05. The minimum absolute atomic E-state index is 0.411. The molecular weight excluding hydrogens is 232 g/mol. The van der Waals surface area contributed by atoms with Gasteiger partial charge in [0.25, 0.3) is 0 Å². The van der Waals surface area contributed by atoms with Crippen molar-refractivity contribution >= 4 is 17.3 Å². The van der Waals surface area contributed by atoms with Crippen LogP contribution in [0.5, 0.6) is 0 Å². The molecule has 1 aromatic rings. The molecule has 0 radical (unpaired) electrons. The number of carbonyl (C=O) groups is 1. The van der Waals surface area contributed by atoms with Crippen molar-refractivity contribution in [2.75, 3.05) is 0 Å². The summed E-state index contributed by atoms with van der Waals surface area (Å²) in [5.41, 5.74) is 2.87. The maximum Gasteiger partial charge on any atom is 0.346 e. The lowest BCUT2D eigenvalue weighted by Gasteiger charge is -2.36. The second-order valence-electron chi connectivity index (χ2n) is 5.13. The molecule has 1 heterocycles. The van der Waals surface area contributed by atoms with Gasteiger partial charge in [-0.05, 0) is 42.7 Å². The van der Waals surface area contributed by atoms with Crippen LogP contribution in [0.2, 0.25) is 0 Å². The molecule has 0 spiro atoms. The Balaban J connectivity index is 2.42. The standard InChI is InChI=1S/C14H20O2S/c1-4-14(5-2)7-6-10-11(8-14)9(3)17-12(10)13(15)16/h4-8H2,1-3H3,(H,15,16). The highest BCUT2D eigenvalue weighted by molar-refractivity contribution is 7.14. The number of carboxylic acids is 1. The van der Waals surface area contributed by atoms with Crippen molar-refractivity contribution < 1.29 is 9.90 Å². The summed E-state index contributed by atoms with van der Waals surface area (Å²) in [6.07, 6.45) is 5.55. The second kappa shape index (κ2) is 4.45. The van der Waals surface area contributed by atoms with Crippen molar-refractivity contribution in [3.8, 4) is 0 Å². The van der Waals surface area contributed by atoms with Gasteiger partial charge in [0.15, 0.2) is 0 Å². The molecule has 1 aliphatic rings. The van der Waals surface area contributed by atoms with Gasteiger partial charge in [-0.25, -0.2) is 4.79 Å². The molecule has 94 valence electrons. The zero-order valence-corrected chi connectivity index (χ0v) is 11.6. The highest BCUT2D eigenvalue weighted by Gasteiger charge is 2.35. The van der Waals surface area contributed by atoms with E-state index in [1.54, 1.807) is 0 Å². The fraction of sp³-hybridized carbons (Fsp3) is 0.643. The van der Waals surface area contributed by atoms with Gasteiger partial charge in [-0.2, -0.15) is 0 Å². The van der Waals surface area contributed by atoms with E-state index in [4.69, 9.17) is 0 Å². The summed E-state index contributed by atoms with van der Waals surface area (Å²) >= 11 is 1.46. The van der Waals surface area contributed by atoms with Crippen LogP contribution in [0.4, 0.5) is 0 Å². The van der Waals surface area contributed by atoms with Crippen LogP contribution in [-0.2, 0) is 12.8 Å². The molecular formula is C14H20O2S. The van der Waals surface area contributed by atoms with Gasteiger partial charge in [0.05, 0.1) is 0 Å². The summed E-state index contributed by atoms with van der Waals surface area (Å²) in [4.78, 5) is 13.0. The molecule has 0 atom stereocenters. The molecule has 0 unspecified atom stereocenters. The lowest BCUT2D eigenvalue weighted by Crippen LogP contribution is -2.27. The Morgan fingerprint density at radius 1 is 1.35 bits per heavy atom. The number of aryl methyl sites for hydroxylation is 1.